The van der Waals surface area contributed by atoms with Gasteiger partial charge in [0.1, 0.15) is 0 Å². The van der Waals surface area contributed by atoms with Gasteiger partial charge in [-0.05, 0) is 47.2 Å². The molecule has 1 rings (SSSR count). The molecule has 0 saturated heterocycles. The zero-order valence-corrected chi connectivity index (χ0v) is 12.5. The third-order valence-corrected chi connectivity index (χ3v) is 3.71. The van der Waals surface area contributed by atoms with Crippen LogP contribution < -0.4 is 0 Å². The van der Waals surface area contributed by atoms with Crippen molar-refractivity contribution in [2.45, 2.75) is 13.3 Å². The molecule has 15 heavy (non-hydrogen) atoms. The number of benzene rings is 1. The predicted octanol–water partition coefficient (Wildman–Crippen LogP) is 4.94. The highest BCUT2D eigenvalue weighted by Crippen LogP contribution is 2.31. The van der Waals surface area contributed by atoms with E-state index in [-0.39, 0.29) is 0 Å². The van der Waals surface area contributed by atoms with E-state index < -0.39 is 0 Å². The van der Waals surface area contributed by atoms with E-state index in [0.29, 0.717) is 17.0 Å². The van der Waals surface area contributed by atoms with Gasteiger partial charge in [-0.2, -0.15) is 5.26 Å². The van der Waals surface area contributed by atoms with Crippen molar-refractivity contribution in [3.05, 3.63) is 37.4 Å². The molecule has 0 aliphatic carbocycles. The number of nitrogens with zero attached hydrogens (tertiary/aromatic N) is 1. The summed E-state index contributed by atoms with van der Waals surface area (Å²) in [5.41, 5.74) is 1.49. The molecule has 78 valence electrons. The maximum absolute atomic E-state index is 8.91. The van der Waals surface area contributed by atoms with E-state index in [4.69, 9.17) is 16.9 Å². The Morgan fingerprint density at radius 2 is 2.27 bits per heavy atom. The fourth-order valence-electron chi connectivity index (χ4n) is 1.11. The summed E-state index contributed by atoms with van der Waals surface area (Å²) in [4.78, 5) is 0. The van der Waals surface area contributed by atoms with Gasteiger partial charge in [0.05, 0.1) is 11.1 Å². The van der Waals surface area contributed by atoms with Gasteiger partial charge < -0.3 is 0 Å². The minimum Gasteiger partial charge on any atom is -0.193 e. The van der Waals surface area contributed by atoms with Gasteiger partial charge in [-0.25, -0.2) is 0 Å². The largest absolute Gasteiger partial charge is 0.193 e. The van der Waals surface area contributed by atoms with Crippen molar-refractivity contribution in [2.75, 3.05) is 0 Å². The van der Waals surface area contributed by atoms with Crippen LogP contribution in [0.4, 0.5) is 0 Å². The smallest absolute Gasteiger partial charge is 0.0962 e. The van der Waals surface area contributed by atoms with E-state index in [1.54, 1.807) is 0 Å². The van der Waals surface area contributed by atoms with E-state index in [0.717, 1.165) is 13.6 Å². The van der Waals surface area contributed by atoms with Crippen LogP contribution in [-0.2, 0) is 0 Å². The van der Waals surface area contributed by atoms with Gasteiger partial charge in [0.15, 0.2) is 0 Å². The summed E-state index contributed by atoms with van der Waals surface area (Å²) in [7, 11) is 0. The lowest BCUT2D eigenvalue weighted by atomic mass is 10.1. The molecule has 0 atom stereocenters. The molecule has 4 heteroatoms. The quantitative estimate of drug-likeness (QED) is 0.513. The summed E-state index contributed by atoms with van der Waals surface area (Å²) in [6, 6.07) is 8.00. The van der Waals surface area contributed by atoms with Gasteiger partial charge in [-0.1, -0.05) is 34.5 Å². The molecule has 0 saturated carbocycles. The van der Waals surface area contributed by atoms with Crippen LogP contribution in [0.25, 0.3) is 5.03 Å². The Hall–Kier alpha value is -0.0500. The first kappa shape index (κ1) is 13.0. The lowest BCUT2D eigenvalue weighted by Crippen LogP contribution is -1.86. The van der Waals surface area contributed by atoms with Crippen LogP contribution in [0.2, 0.25) is 0 Å². The van der Waals surface area contributed by atoms with Gasteiger partial charge in [-0.15, -0.1) is 0 Å². The number of allylic oxidation sites excluding steroid dienone is 1. The molecule has 0 fully saturated rings. The van der Waals surface area contributed by atoms with Gasteiger partial charge in [0.2, 0.25) is 0 Å². The molecule has 1 aromatic rings. The summed E-state index contributed by atoms with van der Waals surface area (Å²) in [5.74, 6) is 0. The fraction of sp³-hybridized carbons (Fsp3) is 0.182. The van der Waals surface area contributed by atoms with E-state index >= 15 is 0 Å². The molecule has 0 amide bonds. The lowest BCUT2D eigenvalue weighted by Gasteiger charge is -2.05. The number of hydrogen-bond acceptors (Lipinski definition) is 1. The predicted molar refractivity (Wildman–Crippen MR) is 75.5 cm³/mol. The number of rotatable bonds is 2. The van der Waals surface area contributed by atoms with Crippen molar-refractivity contribution < 1.29 is 0 Å². The number of nitriles is 1. The van der Waals surface area contributed by atoms with Crippen LogP contribution in [0.15, 0.2) is 28.2 Å². The molecule has 0 spiro atoms. The molecule has 1 nitrogen and oxygen atoms in total. The SMILES string of the molecule is CC/C(C#N)=C(/Cl)c1cc(I)ccc1Br. The zero-order valence-electron chi connectivity index (χ0n) is 8.02. The third-order valence-electron chi connectivity index (χ3n) is 1.92. The van der Waals surface area contributed by atoms with Crippen molar-refractivity contribution in [3.8, 4) is 6.07 Å². The van der Waals surface area contributed by atoms with Crippen LogP contribution in [0.1, 0.15) is 18.9 Å². The Kier molecular flexibility index (Phi) is 5.10. The third kappa shape index (κ3) is 3.20. The Labute approximate surface area is 116 Å². The Morgan fingerprint density at radius 1 is 1.60 bits per heavy atom. The van der Waals surface area contributed by atoms with Crippen LogP contribution >= 0.6 is 50.1 Å². The first-order valence-electron chi connectivity index (χ1n) is 4.34. The summed E-state index contributed by atoms with van der Waals surface area (Å²) in [6.45, 7) is 1.92. The standard InChI is InChI=1S/C11H8BrClIN/c1-2-7(6-15)11(13)9-5-8(14)3-4-10(9)12/h3-5H,2H2,1H3/b11-7-. The normalized spacial score (nSPS) is 11.9. The van der Waals surface area contributed by atoms with E-state index in [1.165, 1.54) is 0 Å². The van der Waals surface area contributed by atoms with E-state index in [9.17, 15) is 0 Å². The van der Waals surface area contributed by atoms with Crippen LogP contribution in [0.5, 0.6) is 0 Å². The number of halogens is 3. The maximum atomic E-state index is 8.91. The van der Waals surface area contributed by atoms with Crippen molar-refractivity contribution >= 4 is 55.2 Å². The topological polar surface area (TPSA) is 23.8 Å². The molecule has 0 N–H and O–H groups in total. The minimum absolute atomic E-state index is 0.533. The van der Waals surface area contributed by atoms with Gasteiger partial charge in [0, 0.05) is 19.2 Å². The fourth-order valence-corrected chi connectivity index (χ4v) is 2.49. The maximum Gasteiger partial charge on any atom is 0.0962 e. The molecule has 0 aliphatic heterocycles. The first-order valence-corrected chi connectivity index (χ1v) is 6.59. The highest BCUT2D eigenvalue weighted by Gasteiger charge is 2.09. The zero-order chi connectivity index (χ0) is 11.4. The summed E-state index contributed by atoms with van der Waals surface area (Å²) >= 11 is 11.8. The summed E-state index contributed by atoms with van der Waals surface area (Å²) in [6.07, 6.45) is 0.646. The average Bonchev–Trinajstić information content (AvgIpc) is 2.23. The highest BCUT2D eigenvalue weighted by molar-refractivity contribution is 14.1. The minimum atomic E-state index is 0.533. The Balaban J connectivity index is 3.34. The second-order valence-electron chi connectivity index (χ2n) is 2.88. The number of hydrogen-bond donors (Lipinski definition) is 0. The molecule has 0 heterocycles. The van der Waals surface area contributed by atoms with Gasteiger partial charge in [0.25, 0.3) is 0 Å². The molecule has 0 aromatic heterocycles. The monoisotopic (exact) mass is 395 g/mol. The Morgan fingerprint density at radius 3 is 2.80 bits per heavy atom. The van der Waals surface area contributed by atoms with Crippen molar-refractivity contribution in [3.63, 3.8) is 0 Å². The second-order valence-corrected chi connectivity index (χ2v) is 5.36. The summed E-state index contributed by atoms with van der Waals surface area (Å²) in [5, 5.41) is 9.44. The van der Waals surface area contributed by atoms with Crippen molar-refractivity contribution in [1.82, 2.24) is 0 Å². The molecular weight excluding hydrogens is 388 g/mol. The second kappa shape index (κ2) is 5.88. The highest BCUT2D eigenvalue weighted by atomic mass is 127. The summed E-state index contributed by atoms with van der Waals surface area (Å²) < 4.78 is 2.01. The first-order chi connectivity index (χ1) is 7.10. The Bertz CT molecular complexity index is 448. The molecule has 1 aromatic carbocycles. The van der Waals surface area contributed by atoms with E-state index in [2.05, 4.69) is 44.6 Å². The van der Waals surface area contributed by atoms with Crippen molar-refractivity contribution in [2.24, 2.45) is 0 Å². The molecule has 0 aliphatic rings. The molecule has 0 bridgehead atoms. The lowest BCUT2D eigenvalue weighted by molar-refractivity contribution is 1.16. The van der Waals surface area contributed by atoms with E-state index in [1.807, 2.05) is 25.1 Å². The average molecular weight is 396 g/mol. The molecular formula is C11H8BrClIN. The molecule has 0 radical (unpaired) electrons. The van der Waals surface area contributed by atoms with Crippen LogP contribution in [0, 0.1) is 14.9 Å². The van der Waals surface area contributed by atoms with Crippen molar-refractivity contribution in [1.29, 1.82) is 5.26 Å². The molecule has 0 unspecified atom stereocenters. The van der Waals surface area contributed by atoms with Gasteiger partial charge >= 0.3 is 0 Å². The van der Waals surface area contributed by atoms with Crippen LogP contribution in [-0.4, -0.2) is 0 Å². The van der Waals surface area contributed by atoms with Crippen LogP contribution in [0.3, 0.4) is 0 Å². The van der Waals surface area contributed by atoms with Gasteiger partial charge in [-0.3, -0.25) is 0 Å².